The lowest BCUT2D eigenvalue weighted by atomic mass is 10.0. The summed E-state index contributed by atoms with van der Waals surface area (Å²) in [5, 5.41) is 20.9. The Balaban J connectivity index is 1.42. The molecular weight excluding hydrogens is 483 g/mol. The minimum atomic E-state index is -0.725. The molecule has 0 spiro atoms. The van der Waals surface area contributed by atoms with Gasteiger partial charge in [-0.05, 0) is 48.7 Å². The van der Waals surface area contributed by atoms with Crippen LogP contribution >= 0.6 is 0 Å². The molecule has 1 atom stereocenters. The number of nitrogens with zero attached hydrogens (tertiary/aromatic N) is 5. The molecule has 0 aliphatic heterocycles. The Morgan fingerprint density at radius 2 is 1.92 bits per heavy atom. The highest BCUT2D eigenvalue weighted by Crippen LogP contribution is 2.35. The molecule has 0 saturated heterocycles. The monoisotopic (exact) mass is 508 g/mol. The highest BCUT2D eigenvalue weighted by molar-refractivity contribution is 5.97. The number of aromatic nitrogens is 7. The summed E-state index contributed by atoms with van der Waals surface area (Å²) in [5.74, 6) is 0.260. The summed E-state index contributed by atoms with van der Waals surface area (Å²) >= 11 is 0. The summed E-state index contributed by atoms with van der Waals surface area (Å²) in [6.07, 6.45) is 6.45. The predicted octanol–water partition coefficient (Wildman–Crippen LogP) is 5.54. The zero-order valence-electron chi connectivity index (χ0n) is 20.8. The first-order chi connectivity index (χ1) is 18.5. The van der Waals surface area contributed by atoms with Gasteiger partial charge in [0.1, 0.15) is 23.3 Å². The zero-order valence-corrected chi connectivity index (χ0v) is 20.8. The van der Waals surface area contributed by atoms with Crippen molar-refractivity contribution in [3.8, 4) is 33.9 Å². The van der Waals surface area contributed by atoms with Crippen molar-refractivity contribution in [3.63, 3.8) is 0 Å². The van der Waals surface area contributed by atoms with Crippen molar-refractivity contribution >= 4 is 27.8 Å². The van der Waals surface area contributed by atoms with E-state index >= 15 is 4.39 Å². The van der Waals surface area contributed by atoms with Crippen LogP contribution in [0.4, 0.5) is 10.1 Å². The largest absolute Gasteiger partial charge is 0.374 e. The Kier molecular flexibility index (Phi) is 6.01. The van der Waals surface area contributed by atoms with E-state index in [9.17, 15) is 5.11 Å². The van der Waals surface area contributed by atoms with Crippen molar-refractivity contribution in [2.45, 2.75) is 26.5 Å². The van der Waals surface area contributed by atoms with E-state index in [4.69, 9.17) is 4.98 Å². The first-order valence-electron chi connectivity index (χ1n) is 12.3. The summed E-state index contributed by atoms with van der Waals surface area (Å²) in [6, 6.07) is 12.7. The Bertz CT molecular complexity index is 1740. The van der Waals surface area contributed by atoms with E-state index in [-0.39, 0.29) is 0 Å². The number of aliphatic hydroxyl groups excluding tert-OH is 1. The smallest absolute Gasteiger partial charge is 0.161 e. The van der Waals surface area contributed by atoms with Gasteiger partial charge in [0.25, 0.3) is 0 Å². The van der Waals surface area contributed by atoms with Crippen LogP contribution in [0.5, 0.6) is 0 Å². The molecule has 0 aliphatic carbocycles. The van der Waals surface area contributed by atoms with Gasteiger partial charge in [0.2, 0.25) is 0 Å². The van der Waals surface area contributed by atoms with Gasteiger partial charge in [-0.3, -0.25) is 15.1 Å². The van der Waals surface area contributed by atoms with Crippen molar-refractivity contribution in [3.05, 3.63) is 73.1 Å². The average molecular weight is 509 g/mol. The minimum absolute atomic E-state index is 0.305. The Labute approximate surface area is 217 Å². The summed E-state index contributed by atoms with van der Waals surface area (Å²) in [4.78, 5) is 21.0. The highest BCUT2D eigenvalue weighted by atomic mass is 19.1. The van der Waals surface area contributed by atoms with E-state index in [1.165, 1.54) is 0 Å². The molecule has 1 unspecified atom stereocenters. The number of imidazole rings is 1. The van der Waals surface area contributed by atoms with E-state index < -0.39 is 12.0 Å². The lowest BCUT2D eigenvalue weighted by Gasteiger charge is -2.16. The Hall–Kier alpha value is -4.70. The number of aliphatic hydroxyl groups is 1. The van der Waals surface area contributed by atoms with Gasteiger partial charge in [-0.25, -0.2) is 14.4 Å². The van der Waals surface area contributed by atoms with Crippen LogP contribution in [0.25, 0.3) is 56.0 Å². The second-order valence-corrected chi connectivity index (χ2v) is 9.53. The van der Waals surface area contributed by atoms with Crippen molar-refractivity contribution in [2.24, 2.45) is 5.92 Å². The fourth-order valence-electron chi connectivity index (χ4n) is 4.58. The number of benzene rings is 1. The lowest BCUT2D eigenvalue weighted by molar-refractivity contribution is 0.176. The average Bonchev–Trinajstić information content (AvgIpc) is 3.54. The first kappa shape index (κ1) is 23.7. The number of H-pyrrole nitrogens is 2. The molecule has 190 valence electrons. The molecule has 10 heteroatoms. The molecule has 5 heterocycles. The fraction of sp³-hybridized carbons (Fsp3) is 0.179. The molecule has 6 aromatic rings. The van der Waals surface area contributed by atoms with E-state index in [2.05, 4.69) is 35.5 Å². The summed E-state index contributed by atoms with van der Waals surface area (Å²) in [5.41, 5.74) is 5.17. The summed E-state index contributed by atoms with van der Waals surface area (Å²) < 4.78 is 16.1. The topological polar surface area (TPSA) is 128 Å². The molecule has 1 aromatic carbocycles. The summed E-state index contributed by atoms with van der Waals surface area (Å²) in [6.45, 7) is 4.06. The van der Waals surface area contributed by atoms with Gasteiger partial charge >= 0.3 is 0 Å². The van der Waals surface area contributed by atoms with Crippen LogP contribution in [0.1, 0.15) is 20.3 Å². The molecule has 0 aliphatic rings. The van der Waals surface area contributed by atoms with Gasteiger partial charge in [-0.15, -0.1) is 0 Å². The Morgan fingerprint density at radius 1 is 1.03 bits per heavy atom. The number of anilines is 1. The number of nitrogens with one attached hydrogen (secondary N) is 3. The van der Waals surface area contributed by atoms with E-state index in [0.717, 1.165) is 11.3 Å². The molecule has 5 aromatic heterocycles. The normalized spacial score (nSPS) is 12.4. The third-order valence-corrected chi connectivity index (χ3v) is 6.29. The maximum absolute atomic E-state index is 16.1. The number of hydrogen-bond donors (Lipinski definition) is 4. The molecule has 0 bridgehead atoms. The van der Waals surface area contributed by atoms with Crippen LogP contribution < -0.4 is 5.32 Å². The van der Waals surface area contributed by atoms with Crippen molar-refractivity contribution in [1.82, 2.24) is 35.1 Å². The first-order valence-corrected chi connectivity index (χ1v) is 12.3. The van der Waals surface area contributed by atoms with Gasteiger partial charge in [0.15, 0.2) is 11.5 Å². The van der Waals surface area contributed by atoms with Crippen LogP contribution in [0.2, 0.25) is 0 Å². The highest BCUT2D eigenvalue weighted by Gasteiger charge is 2.21. The minimum Gasteiger partial charge on any atom is -0.374 e. The van der Waals surface area contributed by atoms with Crippen LogP contribution in [-0.2, 0) is 0 Å². The number of fused-ring (bicyclic) bond motifs is 2. The zero-order chi connectivity index (χ0) is 26.2. The number of pyridine rings is 3. The van der Waals surface area contributed by atoms with Gasteiger partial charge < -0.3 is 15.4 Å². The molecule has 0 radical (unpaired) electrons. The van der Waals surface area contributed by atoms with Crippen LogP contribution in [0, 0.1) is 11.7 Å². The molecule has 0 saturated carbocycles. The molecule has 0 fully saturated rings. The van der Waals surface area contributed by atoms with Gasteiger partial charge in [-0.2, -0.15) is 5.10 Å². The number of halogens is 1. The second kappa shape index (κ2) is 9.64. The van der Waals surface area contributed by atoms with Crippen molar-refractivity contribution in [1.29, 1.82) is 0 Å². The number of aromatic amines is 2. The number of hydrogen-bond acceptors (Lipinski definition) is 7. The summed E-state index contributed by atoms with van der Waals surface area (Å²) in [7, 11) is 0. The molecule has 9 nitrogen and oxygen atoms in total. The SMILES string of the molecule is CC(C)CC(O)Nc1cncc(-c2ccc3[nH]nc(-c4nc5c(-c6ccccn6)ccnc5[nH]4)c3c2F)c1. The molecule has 0 amide bonds. The maximum Gasteiger partial charge on any atom is 0.161 e. The fourth-order valence-corrected chi connectivity index (χ4v) is 4.58. The van der Waals surface area contributed by atoms with Crippen molar-refractivity contribution < 1.29 is 9.50 Å². The third-order valence-electron chi connectivity index (χ3n) is 6.29. The van der Waals surface area contributed by atoms with E-state index in [0.29, 0.717) is 62.7 Å². The third kappa shape index (κ3) is 4.35. The van der Waals surface area contributed by atoms with Crippen LogP contribution in [0.3, 0.4) is 0 Å². The predicted molar refractivity (Wildman–Crippen MR) is 144 cm³/mol. The van der Waals surface area contributed by atoms with Crippen LogP contribution in [0.15, 0.2) is 67.3 Å². The lowest BCUT2D eigenvalue weighted by Crippen LogP contribution is -2.20. The number of rotatable bonds is 7. The van der Waals surface area contributed by atoms with E-state index in [1.807, 2.05) is 38.1 Å². The van der Waals surface area contributed by atoms with Gasteiger partial charge in [0.05, 0.1) is 28.5 Å². The quantitative estimate of drug-likeness (QED) is 0.208. The Morgan fingerprint density at radius 3 is 2.74 bits per heavy atom. The van der Waals surface area contributed by atoms with Crippen LogP contribution in [-0.4, -0.2) is 46.5 Å². The standard InChI is InChI=1S/C28H25FN8O/c1-15(2)11-22(38)33-17-12-16(13-30-14-17)18-6-7-21-23(24(18)29)26(37-36-21)28-34-25-19(8-10-32-27(25)35-28)20-5-3-4-9-31-20/h3-10,12-15,22,33,38H,11H2,1-2H3,(H,36,37)(H,32,34,35). The van der Waals surface area contributed by atoms with Crippen molar-refractivity contribution in [2.75, 3.05) is 5.32 Å². The molecule has 4 N–H and O–H groups in total. The van der Waals surface area contributed by atoms with Gasteiger partial charge in [-0.1, -0.05) is 19.9 Å². The maximum atomic E-state index is 16.1. The molecular formula is C28H25FN8O. The molecule has 6 rings (SSSR count). The second-order valence-electron chi connectivity index (χ2n) is 9.53. The van der Waals surface area contributed by atoms with Gasteiger partial charge in [0, 0.05) is 35.3 Å². The molecule has 38 heavy (non-hydrogen) atoms. The van der Waals surface area contributed by atoms with E-state index in [1.54, 1.807) is 43.0 Å².